The number of nitrogens with zero attached hydrogens (tertiary/aromatic N) is 5. The van der Waals surface area contributed by atoms with Gasteiger partial charge in [-0.2, -0.15) is 5.10 Å². The van der Waals surface area contributed by atoms with E-state index in [2.05, 4.69) is 36.7 Å². The SMILES string of the molecule is O=C(Cn1nnc2ccccc21)Nc1cnn(COc2ccc(Br)cc2)c1. The quantitative estimate of drug-likeness (QED) is 0.511. The maximum atomic E-state index is 12.3. The maximum Gasteiger partial charge on any atom is 0.246 e. The third-order valence-electron chi connectivity index (χ3n) is 3.81. The molecule has 136 valence electrons. The number of rotatable bonds is 6. The number of benzene rings is 2. The standard InChI is InChI=1S/C18H15BrN6O2/c19-13-5-7-15(8-6-13)27-12-24-10-14(9-20-24)21-18(26)11-25-17-4-2-1-3-16(17)22-23-25/h1-10H,11-12H2,(H,21,26). The molecule has 0 spiro atoms. The smallest absolute Gasteiger partial charge is 0.246 e. The lowest BCUT2D eigenvalue weighted by atomic mass is 10.3. The summed E-state index contributed by atoms with van der Waals surface area (Å²) in [4.78, 5) is 12.3. The normalized spacial score (nSPS) is 10.9. The second-order valence-electron chi connectivity index (χ2n) is 5.78. The first-order valence-electron chi connectivity index (χ1n) is 8.16. The van der Waals surface area contributed by atoms with Crippen LogP contribution in [-0.2, 0) is 18.1 Å². The van der Waals surface area contributed by atoms with Crippen LogP contribution in [0.4, 0.5) is 5.69 Å². The van der Waals surface area contributed by atoms with Crippen LogP contribution in [0.5, 0.6) is 5.75 Å². The number of anilines is 1. The van der Waals surface area contributed by atoms with Crippen LogP contribution in [0.15, 0.2) is 65.4 Å². The maximum absolute atomic E-state index is 12.3. The molecule has 0 saturated carbocycles. The second kappa shape index (κ2) is 7.58. The van der Waals surface area contributed by atoms with Gasteiger partial charge >= 0.3 is 0 Å². The fourth-order valence-electron chi connectivity index (χ4n) is 2.54. The van der Waals surface area contributed by atoms with Crippen LogP contribution in [0.25, 0.3) is 11.0 Å². The van der Waals surface area contributed by atoms with E-state index in [1.807, 2.05) is 48.5 Å². The summed E-state index contributed by atoms with van der Waals surface area (Å²) in [5.41, 5.74) is 2.15. The van der Waals surface area contributed by atoms with Crippen molar-refractivity contribution in [2.45, 2.75) is 13.3 Å². The second-order valence-corrected chi connectivity index (χ2v) is 6.70. The highest BCUT2D eigenvalue weighted by Crippen LogP contribution is 2.16. The third-order valence-corrected chi connectivity index (χ3v) is 4.34. The molecule has 8 nitrogen and oxygen atoms in total. The van der Waals surface area contributed by atoms with Crippen LogP contribution in [-0.4, -0.2) is 30.7 Å². The van der Waals surface area contributed by atoms with Gasteiger partial charge in [-0.05, 0) is 36.4 Å². The minimum absolute atomic E-state index is 0.0705. The summed E-state index contributed by atoms with van der Waals surface area (Å²) < 4.78 is 9.79. The van der Waals surface area contributed by atoms with Gasteiger partial charge in [0.05, 0.1) is 23.6 Å². The van der Waals surface area contributed by atoms with Crippen LogP contribution < -0.4 is 10.1 Å². The van der Waals surface area contributed by atoms with Gasteiger partial charge in [-0.1, -0.05) is 33.3 Å². The molecule has 0 aliphatic rings. The van der Waals surface area contributed by atoms with E-state index in [-0.39, 0.29) is 19.2 Å². The minimum Gasteiger partial charge on any atom is -0.471 e. The van der Waals surface area contributed by atoms with Crippen molar-refractivity contribution in [3.63, 3.8) is 0 Å². The Balaban J connectivity index is 1.34. The molecule has 4 rings (SSSR count). The number of aromatic nitrogens is 5. The number of carbonyl (C=O) groups is 1. The fraction of sp³-hybridized carbons (Fsp3) is 0.111. The zero-order chi connectivity index (χ0) is 18.6. The average molecular weight is 427 g/mol. The molecule has 9 heteroatoms. The Morgan fingerprint density at radius 3 is 2.81 bits per heavy atom. The predicted molar refractivity (Wildman–Crippen MR) is 103 cm³/mol. The molecular formula is C18H15BrN6O2. The molecule has 2 heterocycles. The highest BCUT2D eigenvalue weighted by Gasteiger charge is 2.10. The van der Waals surface area contributed by atoms with Gasteiger partial charge in [-0.15, -0.1) is 5.10 Å². The molecule has 2 aromatic heterocycles. The Bertz CT molecular complexity index is 1070. The van der Waals surface area contributed by atoms with Gasteiger partial charge in [0.2, 0.25) is 5.91 Å². The molecule has 0 aliphatic heterocycles. The molecule has 0 fully saturated rings. The summed E-state index contributed by atoms with van der Waals surface area (Å²) in [6.07, 6.45) is 3.28. The first-order valence-corrected chi connectivity index (χ1v) is 8.95. The number of hydrogen-bond donors (Lipinski definition) is 1. The van der Waals surface area contributed by atoms with E-state index in [0.29, 0.717) is 5.69 Å². The van der Waals surface area contributed by atoms with Crippen molar-refractivity contribution < 1.29 is 9.53 Å². The predicted octanol–water partition coefficient (Wildman–Crippen LogP) is 3.07. The number of nitrogens with one attached hydrogen (secondary N) is 1. The fourth-order valence-corrected chi connectivity index (χ4v) is 2.81. The van der Waals surface area contributed by atoms with Gasteiger partial charge in [0.1, 0.15) is 17.8 Å². The number of ether oxygens (including phenoxy) is 1. The number of hydrogen-bond acceptors (Lipinski definition) is 5. The molecule has 27 heavy (non-hydrogen) atoms. The van der Waals surface area contributed by atoms with Crippen molar-refractivity contribution >= 4 is 38.6 Å². The Kier molecular flexibility index (Phi) is 4.84. The summed E-state index contributed by atoms with van der Waals surface area (Å²) in [5, 5.41) is 15.0. The molecule has 0 saturated heterocycles. The molecule has 0 aliphatic carbocycles. The Labute approximate surface area is 162 Å². The summed E-state index contributed by atoms with van der Waals surface area (Å²) in [6.45, 7) is 0.312. The first kappa shape index (κ1) is 17.2. The highest BCUT2D eigenvalue weighted by molar-refractivity contribution is 9.10. The molecule has 1 N–H and O–H groups in total. The van der Waals surface area contributed by atoms with Crippen molar-refractivity contribution in [2.24, 2.45) is 0 Å². The van der Waals surface area contributed by atoms with Crippen LogP contribution in [0, 0.1) is 0 Å². The van der Waals surface area contributed by atoms with Crippen molar-refractivity contribution in [1.82, 2.24) is 24.8 Å². The Morgan fingerprint density at radius 2 is 1.96 bits per heavy atom. The molecule has 2 aromatic carbocycles. The number of amides is 1. The average Bonchev–Trinajstić information content (AvgIpc) is 3.29. The lowest BCUT2D eigenvalue weighted by molar-refractivity contribution is -0.116. The highest BCUT2D eigenvalue weighted by atomic mass is 79.9. The number of fused-ring (bicyclic) bond motifs is 1. The third kappa shape index (κ3) is 4.14. The van der Waals surface area contributed by atoms with E-state index >= 15 is 0 Å². The Morgan fingerprint density at radius 1 is 1.15 bits per heavy atom. The lowest BCUT2D eigenvalue weighted by Crippen LogP contribution is -2.19. The molecule has 1 amide bonds. The van der Waals surface area contributed by atoms with E-state index in [1.54, 1.807) is 21.8 Å². The molecule has 0 radical (unpaired) electrons. The van der Waals surface area contributed by atoms with Gasteiger partial charge in [0, 0.05) is 4.47 Å². The van der Waals surface area contributed by atoms with Crippen molar-refractivity contribution in [3.8, 4) is 5.75 Å². The Hall–Kier alpha value is -3.20. The van der Waals surface area contributed by atoms with Crippen molar-refractivity contribution in [2.75, 3.05) is 5.32 Å². The lowest BCUT2D eigenvalue weighted by Gasteiger charge is -2.06. The van der Waals surface area contributed by atoms with E-state index < -0.39 is 0 Å². The van der Waals surface area contributed by atoms with Crippen LogP contribution in [0.3, 0.4) is 0 Å². The number of para-hydroxylation sites is 1. The zero-order valence-corrected chi connectivity index (χ0v) is 15.7. The molecule has 0 bridgehead atoms. The summed E-state index contributed by atoms with van der Waals surface area (Å²) in [5.74, 6) is 0.524. The monoisotopic (exact) mass is 426 g/mol. The summed E-state index contributed by atoms with van der Waals surface area (Å²) >= 11 is 3.38. The topological polar surface area (TPSA) is 86.9 Å². The molecule has 0 atom stereocenters. The summed E-state index contributed by atoms with van der Waals surface area (Å²) in [6, 6.07) is 15.0. The van der Waals surface area contributed by atoms with Crippen molar-refractivity contribution in [3.05, 3.63) is 65.4 Å². The van der Waals surface area contributed by atoms with Crippen LogP contribution in [0.1, 0.15) is 0 Å². The molecule has 4 aromatic rings. The summed E-state index contributed by atoms with van der Waals surface area (Å²) in [7, 11) is 0. The first-order chi connectivity index (χ1) is 13.2. The van der Waals surface area contributed by atoms with E-state index in [0.717, 1.165) is 21.3 Å². The van der Waals surface area contributed by atoms with Gasteiger partial charge in [-0.3, -0.25) is 4.79 Å². The van der Waals surface area contributed by atoms with Crippen LogP contribution >= 0.6 is 15.9 Å². The van der Waals surface area contributed by atoms with Gasteiger partial charge in [-0.25, -0.2) is 9.36 Å². The van der Waals surface area contributed by atoms with E-state index in [1.165, 1.54) is 0 Å². The molecular weight excluding hydrogens is 412 g/mol. The minimum atomic E-state index is -0.209. The molecule has 0 unspecified atom stereocenters. The van der Waals surface area contributed by atoms with E-state index in [4.69, 9.17) is 4.74 Å². The van der Waals surface area contributed by atoms with Crippen molar-refractivity contribution in [1.29, 1.82) is 0 Å². The zero-order valence-electron chi connectivity index (χ0n) is 14.1. The van der Waals surface area contributed by atoms with Gasteiger partial charge in [0.15, 0.2) is 6.73 Å². The van der Waals surface area contributed by atoms with Gasteiger partial charge in [0.25, 0.3) is 0 Å². The number of carbonyl (C=O) groups excluding carboxylic acids is 1. The number of halogens is 1. The van der Waals surface area contributed by atoms with E-state index in [9.17, 15) is 4.79 Å². The van der Waals surface area contributed by atoms with Crippen LogP contribution in [0.2, 0.25) is 0 Å². The largest absolute Gasteiger partial charge is 0.471 e. The van der Waals surface area contributed by atoms with Gasteiger partial charge < -0.3 is 10.1 Å².